The van der Waals surface area contributed by atoms with Gasteiger partial charge in [0.25, 0.3) is 0 Å². The average Bonchev–Trinajstić information content (AvgIpc) is 4.16. The fourth-order valence-corrected chi connectivity index (χ4v) is 10.9. The smallest absolute Gasteiger partial charge is 0.405 e. The van der Waals surface area contributed by atoms with Crippen LogP contribution in [0.5, 0.6) is 0 Å². The molecule has 0 bridgehead atoms. The summed E-state index contributed by atoms with van der Waals surface area (Å²) >= 11 is 14.2. The van der Waals surface area contributed by atoms with E-state index in [4.69, 9.17) is 18.6 Å². The van der Waals surface area contributed by atoms with Crippen molar-refractivity contribution in [1.29, 1.82) is 0 Å². The van der Waals surface area contributed by atoms with Gasteiger partial charge in [-0.25, -0.2) is 0 Å². The third-order valence-corrected chi connectivity index (χ3v) is 15.7. The number of benzene rings is 7. The highest BCUT2D eigenvalue weighted by Gasteiger charge is 2.39. The van der Waals surface area contributed by atoms with Crippen LogP contribution in [-0.2, 0) is 29.4 Å². The highest BCUT2D eigenvalue weighted by molar-refractivity contribution is 9.11. The molecule has 0 N–H and O–H groups in total. The normalized spacial score (nSPS) is 16.2. The van der Waals surface area contributed by atoms with E-state index in [9.17, 15) is 0 Å². The second-order valence-corrected chi connectivity index (χ2v) is 22.2. The molecule has 1 unspecified atom stereocenters. The zero-order valence-corrected chi connectivity index (χ0v) is 45.1. The molecule has 2 fully saturated rings. The summed E-state index contributed by atoms with van der Waals surface area (Å²) in [5, 5.41) is 0. The molecule has 4 aliphatic rings. The number of halogens is 4. The van der Waals surface area contributed by atoms with Crippen molar-refractivity contribution in [1.82, 2.24) is 0 Å². The summed E-state index contributed by atoms with van der Waals surface area (Å²) in [5.41, 5.74) is 17.8. The number of hydrogen-bond donors (Lipinski definition) is 0. The van der Waals surface area contributed by atoms with E-state index >= 15 is 0 Å². The van der Waals surface area contributed by atoms with E-state index in [1.807, 2.05) is 0 Å². The molecule has 0 aromatic heterocycles. The summed E-state index contributed by atoms with van der Waals surface area (Å²) in [4.78, 5) is 2.28. The van der Waals surface area contributed by atoms with Gasteiger partial charge in [-0.2, -0.15) is 0 Å². The lowest BCUT2D eigenvalue weighted by Crippen LogP contribution is -2.33. The average molecular weight is 1150 g/mol. The fraction of sp³-hybridized carbons (Fsp3) is 0.250. The quantitative estimate of drug-likeness (QED) is 0.149. The first-order valence-corrected chi connectivity index (χ1v) is 26.2. The van der Waals surface area contributed by atoms with Crippen LogP contribution in [0.15, 0.2) is 163 Å². The molecule has 0 radical (unpaired) electrons. The first-order chi connectivity index (χ1) is 32.2. The lowest BCUT2D eigenvalue weighted by atomic mass is 9.73. The Hall–Kier alpha value is -3.77. The second kappa shape index (κ2) is 20.3. The zero-order chi connectivity index (χ0) is 47.0. The van der Waals surface area contributed by atoms with Crippen molar-refractivity contribution in [3.05, 3.63) is 191 Å². The third kappa shape index (κ3) is 10.0. The van der Waals surface area contributed by atoms with Gasteiger partial charge in [-0.1, -0.05) is 166 Å². The molecule has 5 nitrogen and oxygen atoms in total. The van der Waals surface area contributed by atoms with E-state index in [0.29, 0.717) is 32.3 Å². The van der Waals surface area contributed by atoms with Crippen molar-refractivity contribution in [2.75, 3.05) is 31.3 Å². The fourth-order valence-electron chi connectivity index (χ4n) is 9.66. The van der Waals surface area contributed by atoms with E-state index in [1.165, 1.54) is 50.1 Å². The van der Waals surface area contributed by atoms with Crippen molar-refractivity contribution in [2.24, 2.45) is 0 Å². The first kappa shape index (κ1) is 48.3. The van der Waals surface area contributed by atoms with Gasteiger partial charge in [-0.05, 0) is 158 Å². The number of rotatable bonds is 7. The largest absolute Gasteiger partial charge is 0.494 e. The molecular formula is C56H53B2Br4NO4. The Kier molecular flexibility index (Phi) is 14.6. The molecular weight excluding hydrogens is 1090 g/mol. The molecule has 2 saturated heterocycles. The third-order valence-electron chi connectivity index (χ3n) is 13.6. The van der Waals surface area contributed by atoms with E-state index in [-0.39, 0.29) is 25.1 Å². The van der Waals surface area contributed by atoms with Gasteiger partial charge in [-0.3, -0.25) is 0 Å². The van der Waals surface area contributed by atoms with Crippen molar-refractivity contribution in [2.45, 2.75) is 64.7 Å². The standard InChI is InChI=1S/C22H21Br2N.C19H20B2O4.C15H12Br2/c1-3-16(2)17-4-10-20(11-5-17)25(21-12-6-18(23)7-13-21)22-14-8-19(24)9-15-22;1-19(2)17-11-13(20-22-7-8-23-20)3-5-15(17)16-6-4-14(12-18(16)19)21-24-9-10-25-21;1-15(2)13-7-9(16)3-5-11(13)12-6-4-10(17)8-14(12)15/h4-16H,3H2,1-2H3;3-6,11-12H,7-10H2,1-2H3;3-8H,1-2H3. The number of anilines is 3. The molecule has 0 amide bonds. The number of hydrogen-bond acceptors (Lipinski definition) is 5. The van der Waals surface area contributed by atoms with Gasteiger partial charge < -0.3 is 23.5 Å². The minimum Gasteiger partial charge on any atom is -0.405 e. The lowest BCUT2D eigenvalue weighted by molar-refractivity contribution is 0.365. The number of fused-ring (bicyclic) bond motifs is 6. The van der Waals surface area contributed by atoms with Gasteiger partial charge in [0.15, 0.2) is 0 Å². The minimum atomic E-state index is -0.235. The Morgan fingerprint density at radius 1 is 0.448 bits per heavy atom. The summed E-state index contributed by atoms with van der Waals surface area (Å²) in [6.07, 6.45) is 1.16. The SMILES string of the molecule is CC1(C)c2cc(B3OCCO3)ccc2-c2ccc(B3OCCO3)cc21.CC1(C)c2cc(Br)ccc2-c2ccc(Br)cc21.CCC(C)c1ccc(N(c2ccc(Br)cc2)c2ccc(Br)cc2)cc1. The van der Waals surface area contributed by atoms with Gasteiger partial charge in [0.2, 0.25) is 0 Å². The summed E-state index contributed by atoms with van der Waals surface area (Å²) in [6, 6.07) is 52.0. The van der Waals surface area contributed by atoms with Crippen molar-refractivity contribution < 1.29 is 18.6 Å². The first-order valence-electron chi connectivity index (χ1n) is 23.0. The van der Waals surface area contributed by atoms with Gasteiger partial charge in [0.05, 0.1) is 26.4 Å². The Morgan fingerprint density at radius 3 is 1.12 bits per heavy atom. The number of nitrogens with zero attached hydrogens (tertiary/aromatic N) is 1. The lowest BCUT2D eigenvalue weighted by Gasteiger charge is -2.26. The van der Waals surface area contributed by atoms with Crippen LogP contribution in [-0.4, -0.2) is 40.7 Å². The molecule has 7 aromatic carbocycles. The Bertz CT molecular complexity index is 2710. The van der Waals surface area contributed by atoms with Crippen molar-refractivity contribution >= 4 is 106 Å². The Morgan fingerprint density at radius 2 is 0.761 bits per heavy atom. The molecule has 1 atom stereocenters. The van der Waals surface area contributed by atoms with Crippen LogP contribution >= 0.6 is 63.7 Å². The van der Waals surface area contributed by atoms with Crippen molar-refractivity contribution in [3.8, 4) is 22.3 Å². The van der Waals surface area contributed by atoms with Gasteiger partial charge >= 0.3 is 14.2 Å². The van der Waals surface area contributed by atoms with Crippen LogP contribution in [0.25, 0.3) is 22.3 Å². The van der Waals surface area contributed by atoms with Crippen LogP contribution in [0.1, 0.15) is 81.7 Å². The second-order valence-electron chi connectivity index (χ2n) is 18.6. The maximum atomic E-state index is 5.68. The summed E-state index contributed by atoms with van der Waals surface area (Å²) in [5.74, 6) is 0.586. The van der Waals surface area contributed by atoms with Gasteiger partial charge in [0, 0.05) is 45.8 Å². The van der Waals surface area contributed by atoms with E-state index in [0.717, 1.165) is 52.3 Å². The molecule has 0 saturated carbocycles. The molecule has 11 heteroatoms. The predicted octanol–water partition coefficient (Wildman–Crippen LogP) is 15.2. The molecule has 2 aliphatic heterocycles. The molecule has 2 heterocycles. The van der Waals surface area contributed by atoms with Crippen LogP contribution in [0.2, 0.25) is 0 Å². The monoisotopic (exact) mass is 1140 g/mol. The summed E-state index contributed by atoms with van der Waals surface area (Å²) < 4.78 is 27.2. The molecule has 67 heavy (non-hydrogen) atoms. The maximum Gasteiger partial charge on any atom is 0.494 e. The summed E-state index contributed by atoms with van der Waals surface area (Å²) in [6.45, 7) is 16.3. The highest BCUT2D eigenvalue weighted by atomic mass is 79.9. The molecule has 7 aromatic rings. The molecule has 340 valence electrons. The minimum absolute atomic E-state index is 0.0755. The van der Waals surface area contributed by atoms with Crippen LogP contribution < -0.4 is 15.8 Å². The van der Waals surface area contributed by atoms with Crippen LogP contribution in [0.4, 0.5) is 17.1 Å². The van der Waals surface area contributed by atoms with E-state index in [1.54, 1.807) is 0 Å². The van der Waals surface area contributed by atoms with Crippen LogP contribution in [0, 0.1) is 0 Å². The summed E-state index contributed by atoms with van der Waals surface area (Å²) in [7, 11) is -0.471. The van der Waals surface area contributed by atoms with Crippen molar-refractivity contribution in [3.63, 3.8) is 0 Å². The molecule has 11 rings (SSSR count). The topological polar surface area (TPSA) is 40.2 Å². The Balaban J connectivity index is 0.000000128. The highest BCUT2D eigenvalue weighted by Crippen LogP contribution is 2.50. The zero-order valence-electron chi connectivity index (χ0n) is 38.7. The maximum absolute atomic E-state index is 5.68. The van der Waals surface area contributed by atoms with Gasteiger partial charge in [-0.15, -0.1) is 0 Å². The van der Waals surface area contributed by atoms with Crippen LogP contribution in [0.3, 0.4) is 0 Å². The Labute approximate surface area is 430 Å². The predicted molar refractivity (Wildman–Crippen MR) is 293 cm³/mol. The van der Waals surface area contributed by atoms with E-state index < -0.39 is 0 Å². The van der Waals surface area contributed by atoms with E-state index in [2.05, 4.69) is 256 Å². The molecule has 0 spiro atoms. The van der Waals surface area contributed by atoms with Gasteiger partial charge in [0.1, 0.15) is 0 Å². The molecule has 2 aliphatic carbocycles.